The van der Waals surface area contributed by atoms with Gasteiger partial charge < -0.3 is 9.88 Å². The van der Waals surface area contributed by atoms with E-state index in [9.17, 15) is 9.59 Å². The summed E-state index contributed by atoms with van der Waals surface area (Å²) in [4.78, 5) is 33.4. The molecule has 4 rings (SSSR count). The highest BCUT2D eigenvalue weighted by molar-refractivity contribution is 5.95. The lowest BCUT2D eigenvalue weighted by molar-refractivity contribution is 0.0731. The second-order valence-corrected chi connectivity index (χ2v) is 6.53. The zero-order valence-electron chi connectivity index (χ0n) is 14.5. The van der Waals surface area contributed by atoms with Crippen molar-refractivity contribution < 1.29 is 4.79 Å². The maximum absolute atomic E-state index is 13.0. The van der Waals surface area contributed by atoms with Gasteiger partial charge in [0, 0.05) is 17.7 Å². The van der Waals surface area contributed by atoms with Crippen molar-refractivity contribution in [3.63, 3.8) is 0 Å². The highest BCUT2D eigenvalue weighted by Gasteiger charge is 2.24. The molecule has 0 atom stereocenters. The minimum Gasteiger partial charge on any atom is -0.332 e. The van der Waals surface area contributed by atoms with Gasteiger partial charge in [0.05, 0.1) is 18.6 Å². The zero-order valence-corrected chi connectivity index (χ0v) is 14.5. The largest absolute Gasteiger partial charge is 0.332 e. The van der Waals surface area contributed by atoms with Gasteiger partial charge in [0.2, 0.25) is 0 Å². The molecule has 1 amide bonds. The number of carbonyl (C=O) groups is 1. The van der Waals surface area contributed by atoms with Crippen LogP contribution in [0.5, 0.6) is 0 Å². The summed E-state index contributed by atoms with van der Waals surface area (Å²) in [6.45, 7) is 2.95. The van der Waals surface area contributed by atoms with Crippen molar-refractivity contribution in [2.45, 2.75) is 19.9 Å². The van der Waals surface area contributed by atoms with Gasteiger partial charge in [0.15, 0.2) is 0 Å². The van der Waals surface area contributed by atoms with E-state index >= 15 is 0 Å². The predicted octanol–water partition coefficient (Wildman–Crippen LogP) is 2.94. The van der Waals surface area contributed by atoms with Crippen LogP contribution in [0.4, 0.5) is 0 Å². The van der Waals surface area contributed by atoms with E-state index in [-0.39, 0.29) is 11.5 Å². The van der Waals surface area contributed by atoms with Crippen LogP contribution < -0.4 is 5.56 Å². The Morgan fingerprint density at radius 2 is 2.00 bits per heavy atom. The van der Waals surface area contributed by atoms with Gasteiger partial charge in [0.1, 0.15) is 0 Å². The summed E-state index contributed by atoms with van der Waals surface area (Å²) in [6.07, 6.45) is 1.93. The number of benzene rings is 2. The summed E-state index contributed by atoms with van der Waals surface area (Å²) >= 11 is 0. The topological polar surface area (TPSA) is 66.1 Å². The quantitative estimate of drug-likeness (QED) is 0.776. The number of hydrogen-bond acceptors (Lipinski definition) is 3. The molecule has 0 fully saturated rings. The molecule has 1 N–H and O–H groups in total. The smallest absolute Gasteiger partial charge is 0.254 e. The molecule has 0 bridgehead atoms. The average molecular weight is 345 g/mol. The number of hydrogen-bond donors (Lipinski definition) is 1. The van der Waals surface area contributed by atoms with E-state index in [2.05, 4.69) is 29.0 Å². The first-order valence-corrected chi connectivity index (χ1v) is 8.64. The van der Waals surface area contributed by atoms with E-state index in [0.29, 0.717) is 36.3 Å². The molecule has 2 aromatic carbocycles. The van der Waals surface area contributed by atoms with E-state index < -0.39 is 0 Å². The molecule has 26 heavy (non-hydrogen) atoms. The summed E-state index contributed by atoms with van der Waals surface area (Å²) < 4.78 is 0. The molecule has 5 nitrogen and oxygen atoms in total. The molecular weight excluding hydrogens is 326 g/mol. The highest BCUT2D eigenvalue weighted by atomic mass is 16.2. The molecule has 0 spiro atoms. The summed E-state index contributed by atoms with van der Waals surface area (Å²) in [5.41, 5.74) is 5.24. The van der Waals surface area contributed by atoms with Crippen molar-refractivity contribution in [3.8, 4) is 11.1 Å². The third-order valence-electron chi connectivity index (χ3n) is 4.86. The first kappa shape index (κ1) is 16.3. The third kappa shape index (κ3) is 2.92. The second kappa shape index (κ2) is 6.59. The van der Waals surface area contributed by atoms with Crippen molar-refractivity contribution in [2.24, 2.45) is 0 Å². The Balaban J connectivity index is 1.63. The minimum atomic E-state index is -0.108. The number of aromatic amines is 1. The van der Waals surface area contributed by atoms with Gasteiger partial charge in [-0.1, -0.05) is 36.4 Å². The Morgan fingerprint density at radius 3 is 2.85 bits per heavy atom. The van der Waals surface area contributed by atoms with Gasteiger partial charge in [-0.25, -0.2) is 4.98 Å². The Bertz CT molecular complexity index is 1040. The summed E-state index contributed by atoms with van der Waals surface area (Å²) in [5.74, 6) is -0.0341. The molecule has 0 radical (unpaired) electrons. The molecule has 1 aromatic heterocycles. The molecule has 5 heteroatoms. The Morgan fingerprint density at radius 1 is 1.15 bits per heavy atom. The van der Waals surface area contributed by atoms with E-state index in [4.69, 9.17) is 0 Å². The van der Waals surface area contributed by atoms with Gasteiger partial charge in [-0.2, -0.15) is 0 Å². The highest BCUT2D eigenvalue weighted by Crippen LogP contribution is 2.25. The standard InChI is InChI=1S/C21H19N3O2/c1-14-5-2-3-8-17(14)15-6-4-7-16(11-15)21(26)24-10-9-18-19(12-24)22-13-23-20(18)25/h2-8,11,13H,9-10,12H2,1H3,(H,22,23,25). The summed E-state index contributed by atoms with van der Waals surface area (Å²) in [6, 6.07) is 15.8. The van der Waals surface area contributed by atoms with Crippen LogP contribution in [0.1, 0.15) is 27.2 Å². The third-order valence-corrected chi connectivity index (χ3v) is 4.86. The molecule has 3 aromatic rings. The molecule has 130 valence electrons. The lowest BCUT2D eigenvalue weighted by Crippen LogP contribution is -2.38. The second-order valence-electron chi connectivity index (χ2n) is 6.53. The molecule has 1 aliphatic rings. The lowest BCUT2D eigenvalue weighted by atomic mass is 9.98. The molecular formula is C21H19N3O2. The number of rotatable bonds is 2. The number of fused-ring (bicyclic) bond motifs is 1. The average Bonchev–Trinajstić information content (AvgIpc) is 2.68. The molecule has 0 saturated carbocycles. The van der Waals surface area contributed by atoms with Gasteiger partial charge in [-0.05, 0) is 42.2 Å². The van der Waals surface area contributed by atoms with Gasteiger partial charge >= 0.3 is 0 Å². The van der Waals surface area contributed by atoms with Crippen molar-refractivity contribution in [2.75, 3.05) is 6.54 Å². The number of nitrogens with zero attached hydrogens (tertiary/aromatic N) is 2. The van der Waals surface area contributed by atoms with E-state index in [1.54, 1.807) is 4.90 Å². The van der Waals surface area contributed by atoms with Crippen molar-refractivity contribution >= 4 is 5.91 Å². The number of amides is 1. The maximum atomic E-state index is 13.0. The predicted molar refractivity (Wildman–Crippen MR) is 99.9 cm³/mol. The van der Waals surface area contributed by atoms with Crippen molar-refractivity contribution in [1.82, 2.24) is 14.9 Å². The zero-order chi connectivity index (χ0) is 18.1. The first-order chi connectivity index (χ1) is 12.6. The van der Waals surface area contributed by atoms with Crippen LogP contribution >= 0.6 is 0 Å². The Hall–Kier alpha value is -3.21. The molecule has 0 aliphatic carbocycles. The Kier molecular flexibility index (Phi) is 4.13. The van der Waals surface area contributed by atoms with Crippen LogP contribution in [0.2, 0.25) is 0 Å². The monoisotopic (exact) mass is 345 g/mol. The van der Waals surface area contributed by atoms with Gasteiger partial charge in [-0.3, -0.25) is 9.59 Å². The summed E-state index contributed by atoms with van der Waals surface area (Å²) in [5, 5.41) is 0. The van der Waals surface area contributed by atoms with Gasteiger partial charge in [0.25, 0.3) is 11.5 Å². The lowest BCUT2D eigenvalue weighted by Gasteiger charge is -2.27. The van der Waals surface area contributed by atoms with E-state index in [1.165, 1.54) is 11.9 Å². The number of aromatic nitrogens is 2. The number of carbonyl (C=O) groups excluding carboxylic acids is 1. The van der Waals surface area contributed by atoms with Gasteiger partial charge in [-0.15, -0.1) is 0 Å². The maximum Gasteiger partial charge on any atom is 0.254 e. The van der Waals surface area contributed by atoms with Crippen molar-refractivity contribution in [1.29, 1.82) is 0 Å². The SMILES string of the molecule is Cc1ccccc1-c1cccc(C(=O)N2CCc3c(nc[nH]c3=O)C2)c1. The minimum absolute atomic E-state index is 0.0341. The molecule has 0 unspecified atom stereocenters. The number of H-pyrrole nitrogens is 1. The van der Waals surface area contributed by atoms with Crippen LogP contribution in [0.25, 0.3) is 11.1 Å². The van der Waals surface area contributed by atoms with Crippen LogP contribution in [0.3, 0.4) is 0 Å². The van der Waals surface area contributed by atoms with Crippen LogP contribution in [0.15, 0.2) is 59.7 Å². The fourth-order valence-electron chi connectivity index (χ4n) is 3.44. The number of aryl methyl sites for hydroxylation is 1. The molecule has 2 heterocycles. The number of nitrogens with one attached hydrogen (secondary N) is 1. The van der Waals surface area contributed by atoms with Crippen LogP contribution in [0, 0.1) is 6.92 Å². The van der Waals surface area contributed by atoms with E-state index in [0.717, 1.165) is 11.1 Å². The fraction of sp³-hybridized carbons (Fsp3) is 0.190. The first-order valence-electron chi connectivity index (χ1n) is 8.64. The molecule has 0 saturated heterocycles. The van der Waals surface area contributed by atoms with Crippen molar-refractivity contribution in [3.05, 3.63) is 87.6 Å². The van der Waals surface area contributed by atoms with Crippen LogP contribution in [-0.4, -0.2) is 27.3 Å². The fourth-order valence-corrected chi connectivity index (χ4v) is 3.44. The van der Waals surface area contributed by atoms with E-state index in [1.807, 2.05) is 36.4 Å². The van der Waals surface area contributed by atoms with Crippen LogP contribution in [-0.2, 0) is 13.0 Å². The normalized spacial score (nSPS) is 13.3. The Labute approximate surface area is 151 Å². The molecule has 1 aliphatic heterocycles. The summed E-state index contributed by atoms with van der Waals surface area (Å²) in [7, 11) is 0.